The molecule has 3 aromatic carbocycles. The molecule has 0 radical (unpaired) electrons. The average Bonchev–Trinajstić information content (AvgIpc) is 3.13. The van der Waals surface area contributed by atoms with E-state index in [2.05, 4.69) is 15.5 Å². The lowest BCUT2D eigenvalue weighted by Crippen LogP contribution is -2.12. The summed E-state index contributed by atoms with van der Waals surface area (Å²) in [6.07, 6.45) is 0. The number of carbonyl (C=O) groups is 1. The number of nitrogens with one attached hydrogen (secondary N) is 2. The van der Waals surface area contributed by atoms with Gasteiger partial charge in [0.25, 0.3) is 5.91 Å². The molecular weight excluding hydrogens is 341 g/mol. The van der Waals surface area contributed by atoms with Crippen LogP contribution in [0.15, 0.2) is 84.9 Å². The third-order valence-corrected chi connectivity index (χ3v) is 4.22. The molecule has 0 bridgehead atoms. The van der Waals surface area contributed by atoms with E-state index < -0.39 is 0 Å². The Labute approximate surface area is 155 Å². The number of benzene rings is 3. The van der Waals surface area contributed by atoms with Crippen LogP contribution in [0, 0.1) is 5.82 Å². The van der Waals surface area contributed by atoms with Gasteiger partial charge in [-0.15, -0.1) is 0 Å². The number of rotatable bonds is 4. The first-order chi connectivity index (χ1) is 13.2. The summed E-state index contributed by atoms with van der Waals surface area (Å²) in [7, 11) is 0. The Kier molecular flexibility index (Phi) is 4.49. The number of hydrogen-bond acceptors (Lipinski definition) is 2. The zero-order valence-corrected chi connectivity index (χ0v) is 14.3. The second-order valence-corrected chi connectivity index (χ2v) is 6.02. The Hall–Kier alpha value is -3.73. The molecule has 0 atom stereocenters. The Balaban J connectivity index is 1.78. The summed E-state index contributed by atoms with van der Waals surface area (Å²) in [6.45, 7) is 0. The molecule has 4 rings (SSSR count). The summed E-state index contributed by atoms with van der Waals surface area (Å²) in [5.41, 5.74) is 4.10. The fourth-order valence-corrected chi connectivity index (χ4v) is 2.87. The number of aromatic amines is 1. The minimum Gasteiger partial charge on any atom is -0.318 e. The second-order valence-electron chi connectivity index (χ2n) is 6.02. The molecule has 0 spiro atoms. The van der Waals surface area contributed by atoms with Crippen LogP contribution >= 0.6 is 0 Å². The largest absolute Gasteiger partial charge is 0.318 e. The molecule has 0 aliphatic heterocycles. The second kappa shape index (κ2) is 7.25. The van der Waals surface area contributed by atoms with Crippen molar-refractivity contribution in [2.45, 2.75) is 0 Å². The molecule has 0 fully saturated rings. The van der Waals surface area contributed by atoms with Gasteiger partial charge in [-0.1, -0.05) is 60.7 Å². The first-order valence-electron chi connectivity index (χ1n) is 8.48. The van der Waals surface area contributed by atoms with Gasteiger partial charge in [-0.25, -0.2) is 4.39 Å². The van der Waals surface area contributed by atoms with Gasteiger partial charge in [0.15, 0.2) is 0 Å². The monoisotopic (exact) mass is 357 g/mol. The smallest absolute Gasteiger partial charge is 0.255 e. The van der Waals surface area contributed by atoms with Crippen molar-refractivity contribution < 1.29 is 9.18 Å². The highest BCUT2D eigenvalue weighted by atomic mass is 19.1. The fraction of sp³-hybridized carbons (Fsp3) is 0. The molecule has 27 heavy (non-hydrogen) atoms. The van der Waals surface area contributed by atoms with E-state index >= 15 is 0 Å². The summed E-state index contributed by atoms with van der Waals surface area (Å²) in [5, 5.41) is 10.4. The summed E-state index contributed by atoms with van der Waals surface area (Å²) >= 11 is 0. The van der Waals surface area contributed by atoms with Crippen LogP contribution in [-0.2, 0) is 0 Å². The number of hydrogen-bond donors (Lipinski definition) is 2. The highest BCUT2D eigenvalue weighted by molar-refractivity contribution is 6.08. The number of halogens is 1. The molecule has 0 saturated carbocycles. The molecule has 0 saturated heterocycles. The first kappa shape index (κ1) is 16.7. The number of aromatic nitrogens is 2. The Morgan fingerprint density at radius 3 is 2.04 bits per heavy atom. The van der Waals surface area contributed by atoms with Crippen molar-refractivity contribution in [1.82, 2.24) is 10.2 Å². The zero-order chi connectivity index (χ0) is 18.6. The van der Waals surface area contributed by atoms with E-state index in [9.17, 15) is 9.18 Å². The summed E-state index contributed by atoms with van der Waals surface area (Å²) in [5.74, 6) is -0.712. The number of anilines is 1. The van der Waals surface area contributed by atoms with E-state index in [1.54, 1.807) is 0 Å². The number of carbonyl (C=O) groups excluding carboxylic acids is 1. The molecule has 1 heterocycles. The lowest BCUT2D eigenvalue weighted by atomic mass is 10.1. The molecule has 0 unspecified atom stereocenters. The summed E-state index contributed by atoms with van der Waals surface area (Å²) in [4.78, 5) is 12.7. The van der Waals surface area contributed by atoms with Crippen molar-refractivity contribution >= 4 is 11.6 Å². The van der Waals surface area contributed by atoms with E-state index in [1.165, 1.54) is 24.3 Å². The molecular formula is C22H16FN3O. The van der Waals surface area contributed by atoms with Crippen LogP contribution in [0.3, 0.4) is 0 Å². The standard InChI is InChI=1S/C22H16FN3O/c23-18-13-11-17(12-14-18)22(27)24-21-19(15-7-3-1-4-8-15)25-26-20(21)16-9-5-2-6-10-16/h1-14H,(H,24,27)(H,25,26). The van der Waals surface area contributed by atoms with Crippen molar-refractivity contribution in [2.75, 3.05) is 5.32 Å². The van der Waals surface area contributed by atoms with Gasteiger partial charge in [0.05, 0.1) is 11.4 Å². The maximum Gasteiger partial charge on any atom is 0.255 e. The first-order valence-corrected chi connectivity index (χ1v) is 8.48. The quantitative estimate of drug-likeness (QED) is 0.532. The molecule has 4 aromatic rings. The molecule has 132 valence electrons. The van der Waals surface area contributed by atoms with Crippen LogP contribution in [0.4, 0.5) is 10.1 Å². The molecule has 1 amide bonds. The highest BCUT2D eigenvalue weighted by Crippen LogP contribution is 2.35. The highest BCUT2D eigenvalue weighted by Gasteiger charge is 2.19. The fourth-order valence-electron chi connectivity index (χ4n) is 2.87. The van der Waals surface area contributed by atoms with Gasteiger partial charge in [0.2, 0.25) is 0 Å². The molecule has 1 aromatic heterocycles. The lowest BCUT2D eigenvalue weighted by Gasteiger charge is -2.09. The number of H-pyrrole nitrogens is 1. The topological polar surface area (TPSA) is 57.8 Å². The van der Waals surface area contributed by atoms with E-state index in [4.69, 9.17) is 0 Å². The van der Waals surface area contributed by atoms with E-state index in [0.29, 0.717) is 22.6 Å². The van der Waals surface area contributed by atoms with Crippen LogP contribution in [-0.4, -0.2) is 16.1 Å². The van der Waals surface area contributed by atoms with E-state index in [-0.39, 0.29) is 11.7 Å². The van der Waals surface area contributed by atoms with Crippen LogP contribution in [0.2, 0.25) is 0 Å². The zero-order valence-electron chi connectivity index (χ0n) is 14.3. The average molecular weight is 357 g/mol. The van der Waals surface area contributed by atoms with Gasteiger partial charge in [-0.05, 0) is 24.3 Å². The van der Waals surface area contributed by atoms with Gasteiger partial charge in [0, 0.05) is 16.7 Å². The molecule has 5 heteroatoms. The molecule has 2 N–H and O–H groups in total. The third-order valence-electron chi connectivity index (χ3n) is 4.22. The predicted octanol–water partition coefficient (Wildman–Crippen LogP) is 5.14. The molecule has 4 nitrogen and oxygen atoms in total. The van der Waals surface area contributed by atoms with Gasteiger partial charge in [0.1, 0.15) is 11.5 Å². The van der Waals surface area contributed by atoms with Gasteiger partial charge in [-0.2, -0.15) is 5.10 Å². The SMILES string of the molecule is O=C(Nc1c(-c2ccccc2)n[nH]c1-c1ccccc1)c1ccc(F)cc1. The van der Waals surface area contributed by atoms with Crippen LogP contribution in [0.25, 0.3) is 22.5 Å². The summed E-state index contributed by atoms with van der Waals surface area (Å²) < 4.78 is 13.2. The Morgan fingerprint density at radius 2 is 1.41 bits per heavy atom. The van der Waals surface area contributed by atoms with Crippen molar-refractivity contribution in [3.63, 3.8) is 0 Å². The van der Waals surface area contributed by atoms with Crippen LogP contribution in [0.5, 0.6) is 0 Å². The maximum absolute atomic E-state index is 13.2. The molecule has 0 aliphatic carbocycles. The Bertz CT molecular complexity index is 1000. The minimum absolute atomic E-state index is 0.328. The lowest BCUT2D eigenvalue weighted by molar-refractivity contribution is 0.102. The minimum atomic E-state index is -0.384. The van der Waals surface area contributed by atoms with Crippen molar-refractivity contribution in [2.24, 2.45) is 0 Å². The van der Waals surface area contributed by atoms with Crippen molar-refractivity contribution in [3.05, 3.63) is 96.3 Å². The van der Waals surface area contributed by atoms with Gasteiger partial charge in [-0.3, -0.25) is 9.89 Å². The van der Waals surface area contributed by atoms with Gasteiger partial charge >= 0.3 is 0 Å². The normalized spacial score (nSPS) is 10.6. The predicted molar refractivity (Wildman–Crippen MR) is 104 cm³/mol. The number of nitrogens with zero attached hydrogens (tertiary/aromatic N) is 1. The van der Waals surface area contributed by atoms with Crippen LogP contribution in [0.1, 0.15) is 10.4 Å². The van der Waals surface area contributed by atoms with Crippen molar-refractivity contribution in [3.8, 4) is 22.5 Å². The Morgan fingerprint density at radius 1 is 0.815 bits per heavy atom. The van der Waals surface area contributed by atoms with E-state index in [0.717, 1.165) is 11.1 Å². The van der Waals surface area contributed by atoms with Crippen molar-refractivity contribution in [1.29, 1.82) is 0 Å². The van der Waals surface area contributed by atoms with Gasteiger partial charge < -0.3 is 5.32 Å². The maximum atomic E-state index is 13.2. The van der Waals surface area contributed by atoms with Crippen LogP contribution < -0.4 is 5.32 Å². The molecule has 0 aliphatic rings. The third kappa shape index (κ3) is 3.48. The summed E-state index contributed by atoms with van der Waals surface area (Å²) in [6, 6.07) is 24.7. The van der Waals surface area contributed by atoms with E-state index in [1.807, 2.05) is 60.7 Å². The number of amides is 1.